The summed E-state index contributed by atoms with van der Waals surface area (Å²) in [6.07, 6.45) is 0.778. The zero-order chi connectivity index (χ0) is 14.1. The zero-order valence-corrected chi connectivity index (χ0v) is 10.5. The van der Waals surface area contributed by atoms with Crippen LogP contribution in [0.15, 0.2) is 24.4 Å². The number of benzene rings is 1. The number of nitrogens with zero attached hydrogens (tertiary/aromatic N) is 1. The number of fused-ring (bicyclic) bond motifs is 1. The molecule has 1 unspecified atom stereocenters. The van der Waals surface area contributed by atoms with E-state index in [9.17, 15) is 14.9 Å². The molecule has 1 aliphatic heterocycles. The number of Topliss-reactive ketones (excluding diaryl/α,β-unsaturated/α-hetero) is 1. The minimum Gasteiger partial charge on any atom is -0.376 e. The van der Waals surface area contributed by atoms with Crippen LogP contribution in [0.4, 0.5) is 5.69 Å². The van der Waals surface area contributed by atoms with Crippen LogP contribution in [0.2, 0.25) is 0 Å². The number of hydrogen-bond donors (Lipinski definition) is 1. The molecular formula is C13H12N2O5. The minimum atomic E-state index is -0.706. The molecule has 1 N–H and O–H groups in total. The van der Waals surface area contributed by atoms with Crippen LogP contribution in [-0.4, -0.2) is 41.6 Å². The molecule has 1 saturated heterocycles. The van der Waals surface area contributed by atoms with Crippen LogP contribution < -0.4 is 0 Å². The highest BCUT2D eigenvalue weighted by atomic mass is 16.6. The highest BCUT2D eigenvalue weighted by Gasteiger charge is 2.28. The van der Waals surface area contributed by atoms with E-state index < -0.39 is 11.0 Å². The molecule has 3 rings (SSSR count). The van der Waals surface area contributed by atoms with E-state index in [1.54, 1.807) is 12.1 Å². The molecule has 1 fully saturated rings. The number of non-ortho nitro benzene ring substituents is 1. The minimum absolute atomic E-state index is 0.0937. The van der Waals surface area contributed by atoms with Crippen molar-refractivity contribution in [2.24, 2.45) is 0 Å². The second kappa shape index (κ2) is 5.03. The Morgan fingerprint density at radius 1 is 1.40 bits per heavy atom. The molecule has 1 aliphatic rings. The summed E-state index contributed by atoms with van der Waals surface area (Å²) in [5.41, 5.74) is 0.728. The lowest BCUT2D eigenvalue weighted by atomic mass is 10.0. The first-order valence-electron chi connectivity index (χ1n) is 6.16. The molecule has 0 amide bonds. The fourth-order valence-corrected chi connectivity index (χ4v) is 2.32. The van der Waals surface area contributed by atoms with E-state index in [1.165, 1.54) is 12.3 Å². The monoisotopic (exact) mass is 276 g/mol. The predicted molar refractivity (Wildman–Crippen MR) is 69.8 cm³/mol. The fraction of sp³-hybridized carbons (Fsp3) is 0.308. The number of rotatable bonds is 3. The number of nitro benzene ring substituents is 1. The maximum Gasteiger partial charge on any atom is 0.279 e. The maximum absolute atomic E-state index is 12.4. The van der Waals surface area contributed by atoms with Gasteiger partial charge in [0.25, 0.3) is 5.69 Å². The maximum atomic E-state index is 12.4. The summed E-state index contributed by atoms with van der Waals surface area (Å²) in [7, 11) is 0. The van der Waals surface area contributed by atoms with Crippen molar-refractivity contribution in [3.8, 4) is 0 Å². The van der Waals surface area contributed by atoms with Gasteiger partial charge >= 0.3 is 0 Å². The normalized spacial score (nSPS) is 19.1. The molecule has 1 atom stereocenters. The third kappa shape index (κ3) is 2.06. The van der Waals surface area contributed by atoms with Crippen molar-refractivity contribution in [2.45, 2.75) is 6.10 Å². The average Bonchev–Trinajstić information content (AvgIpc) is 2.91. The first-order valence-corrected chi connectivity index (χ1v) is 6.16. The summed E-state index contributed by atoms with van der Waals surface area (Å²) in [6.45, 7) is 0.977. The second-order valence-corrected chi connectivity index (χ2v) is 4.46. The molecule has 0 bridgehead atoms. The van der Waals surface area contributed by atoms with Crippen LogP contribution in [0.5, 0.6) is 0 Å². The van der Waals surface area contributed by atoms with E-state index in [-0.39, 0.29) is 23.6 Å². The number of carbonyl (C=O) groups excluding carboxylic acids is 1. The van der Waals surface area contributed by atoms with Gasteiger partial charge in [0, 0.05) is 12.3 Å². The molecule has 7 heteroatoms. The van der Waals surface area contributed by atoms with Crippen molar-refractivity contribution >= 4 is 22.4 Å². The molecule has 104 valence electrons. The van der Waals surface area contributed by atoms with Gasteiger partial charge in [-0.05, 0) is 6.07 Å². The quantitative estimate of drug-likeness (QED) is 0.522. The van der Waals surface area contributed by atoms with E-state index in [0.29, 0.717) is 24.1 Å². The van der Waals surface area contributed by atoms with Crippen molar-refractivity contribution in [3.63, 3.8) is 0 Å². The van der Waals surface area contributed by atoms with Gasteiger partial charge in [-0.1, -0.05) is 6.07 Å². The third-order valence-electron chi connectivity index (χ3n) is 3.25. The summed E-state index contributed by atoms with van der Waals surface area (Å²) in [6, 6.07) is 4.65. The molecule has 0 radical (unpaired) electrons. The fourth-order valence-electron chi connectivity index (χ4n) is 2.32. The molecule has 1 aromatic heterocycles. The highest BCUT2D eigenvalue weighted by Crippen LogP contribution is 2.29. The first-order chi connectivity index (χ1) is 9.68. The number of aromatic amines is 1. The van der Waals surface area contributed by atoms with Gasteiger partial charge in [0.2, 0.25) is 0 Å². The Morgan fingerprint density at radius 3 is 2.95 bits per heavy atom. The number of ketones is 1. The molecular weight excluding hydrogens is 264 g/mol. The summed E-state index contributed by atoms with van der Waals surface area (Å²) in [4.78, 5) is 25.9. The van der Waals surface area contributed by atoms with Gasteiger partial charge in [0.1, 0.15) is 6.10 Å². The number of nitrogens with one attached hydrogen (secondary N) is 1. The lowest BCUT2D eigenvalue weighted by Crippen LogP contribution is -2.35. The van der Waals surface area contributed by atoms with Crippen molar-refractivity contribution < 1.29 is 19.2 Å². The van der Waals surface area contributed by atoms with E-state index in [0.717, 1.165) is 0 Å². The number of ether oxygens (including phenoxy) is 2. The number of H-pyrrole nitrogens is 1. The first kappa shape index (κ1) is 12.8. The lowest BCUT2D eigenvalue weighted by Gasteiger charge is -2.21. The Kier molecular flexibility index (Phi) is 3.21. The van der Waals surface area contributed by atoms with Crippen LogP contribution >= 0.6 is 0 Å². The number of nitro groups is 1. The smallest absolute Gasteiger partial charge is 0.279 e. The number of carbonyl (C=O) groups is 1. The second-order valence-electron chi connectivity index (χ2n) is 4.46. The average molecular weight is 276 g/mol. The highest BCUT2D eigenvalue weighted by molar-refractivity contribution is 6.12. The molecule has 20 heavy (non-hydrogen) atoms. The van der Waals surface area contributed by atoms with Gasteiger partial charge in [-0.15, -0.1) is 0 Å². The Hall–Kier alpha value is -2.25. The Balaban J connectivity index is 2.07. The van der Waals surface area contributed by atoms with E-state index >= 15 is 0 Å². The van der Waals surface area contributed by atoms with Crippen LogP contribution in [-0.2, 0) is 9.47 Å². The van der Waals surface area contributed by atoms with Crippen LogP contribution in [0.25, 0.3) is 10.9 Å². The van der Waals surface area contributed by atoms with Gasteiger partial charge in [-0.3, -0.25) is 14.9 Å². The van der Waals surface area contributed by atoms with Gasteiger partial charge in [-0.25, -0.2) is 0 Å². The lowest BCUT2D eigenvalue weighted by molar-refractivity contribution is -0.383. The van der Waals surface area contributed by atoms with Crippen molar-refractivity contribution in [2.75, 3.05) is 19.8 Å². The van der Waals surface area contributed by atoms with E-state index in [4.69, 9.17) is 9.47 Å². The van der Waals surface area contributed by atoms with Gasteiger partial charge in [-0.2, -0.15) is 0 Å². The van der Waals surface area contributed by atoms with Crippen molar-refractivity contribution in [3.05, 3.63) is 40.1 Å². The largest absolute Gasteiger partial charge is 0.376 e. The van der Waals surface area contributed by atoms with E-state index in [2.05, 4.69) is 4.98 Å². The molecule has 2 heterocycles. The van der Waals surface area contributed by atoms with Crippen molar-refractivity contribution in [1.82, 2.24) is 4.98 Å². The number of aromatic nitrogens is 1. The molecule has 7 nitrogen and oxygen atoms in total. The van der Waals surface area contributed by atoms with Crippen LogP contribution in [0.1, 0.15) is 10.4 Å². The molecule has 0 spiro atoms. The summed E-state index contributed by atoms with van der Waals surface area (Å²) in [5.74, 6) is -0.301. The molecule has 2 aromatic rings. The predicted octanol–water partition coefficient (Wildman–Crippen LogP) is 1.67. The van der Waals surface area contributed by atoms with E-state index in [1.807, 2.05) is 0 Å². The molecule has 1 aromatic carbocycles. The topological polar surface area (TPSA) is 94.5 Å². The number of hydrogen-bond acceptors (Lipinski definition) is 5. The van der Waals surface area contributed by atoms with Gasteiger partial charge in [0.05, 0.1) is 41.2 Å². The summed E-state index contributed by atoms with van der Waals surface area (Å²) < 4.78 is 10.6. The zero-order valence-electron chi connectivity index (χ0n) is 10.5. The standard InChI is InChI=1S/C13H12N2O5/c16-13(11-7-19-4-5-20-11)8-6-14-9-2-1-3-10(12(8)9)15(17)18/h1-3,6,11,14H,4-5,7H2. The molecule has 0 saturated carbocycles. The molecule has 0 aliphatic carbocycles. The Labute approximate surface area is 113 Å². The third-order valence-corrected chi connectivity index (χ3v) is 3.25. The Morgan fingerprint density at radius 2 is 2.25 bits per heavy atom. The summed E-state index contributed by atoms with van der Waals surface area (Å²) >= 11 is 0. The summed E-state index contributed by atoms with van der Waals surface area (Å²) in [5, 5.41) is 11.4. The Bertz CT molecular complexity index is 672. The van der Waals surface area contributed by atoms with Gasteiger partial charge in [0.15, 0.2) is 5.78 Å². The van der Waals surface area contributed by atoms with Crippen LogP contribution in [0, 0.1) is 10.1 Å². The SMILES string of the molecule is O=C(c1c[nH]c2cccc([N+](=O)[O-])c12)C1COCCO1. The van der Waals surface area contributed by atoms with Gasteiger partial charge < -0.3 is 14.5 Å². The van der Waals surface area contributed by atoms with Crippen LogP contribution in [0.3, 0.4) is 0 Å². The van der Waals surface area contributed by atoms with Crippen molar-refractivity contribution in [1.29, 1.82) is 0 Å².